The first-order valence-electron chi connectivity index (χ1n) is 4.06. The van der Waals surface area contributed by atoms with Gasteiger partial charge >= 0.3 is 0 Å². The number of aromatic amines is 1. The number of hydrogen-bond donors (Lipinski definition) is 2. The molecular formula is C8H11N3S. The average Bonchev–Trinajstić information content (AvgIpc) is 2.46. The maximum Gasteiger partial charge on any atom is 0.196 e. The normalized spacial score (nSPS) is 20.9. The van der Waals surface area contributed by atoms with E-state index in [-0.39, 0.29) is 0 Å². The number of rotatable bonds is 1. The Morgan fingerprint density at radius 3 is 3.33 bits per heavy atom. The van der Waals surface area contributed by atoms with Crippen molar-refractivity contribution in [2.45, 2.75) is 18.9 Å². The van der Waals surface area contributed by atoms with Gasteiger partial charge in [-0.25, -0.2) is 4.98 Å². The van der Waals surface area contributed by atoms with Gasteiger partial charge in [-0.05, 0) is 32.1 Å². The predicted octanol–water partition coefficient (Wildman–Crippen LogP) is 1.35. The summed E-state index contributed by atoms with van der Waals surface area (Å²) in [6.45, 7) is 0. The molecule has 0 amide bonds. The van der Waals surface area contributed by atoms with Gasteiger partial charge in [0.05, 0.1) is 0 Å². The standard InChI is InChI=1S/C8H11N3S/c1-9-6-2-3-7-5(6)4-10-8(12)11-7/h4,6,9H,2-3H2,1H3,(H,10,11,12). The first-order valence-corrected chi connectivity index (χ1v) is 4.47. The summed E-state index contributed by atoms with van der Waals surface area (Å²) in [4.78, 5) is 7.18. The van der Waals surface area contributed by atoms with E-state index in [1.54, 1.807) is 0 Å². The van der Waals surface area contributed by atoms with Crippen molar-refractivity contribution >= 4 is 12.2 Å². The highest BCUT2D eigenvalue weighted by Crippen LogP contribution is 2.27. The fourth-order valence-corrected chi connectivity index (χ4v) is 1.87. The lowest BCUT2D eigenvalue weighted by atomic mass is 10.2. The summed E-state index contributed by atoms with van der Waals surface area (Å²) in [5, 5.41) is 3.25. The Bertz CT molecular complexity index is 344. The van der Waals surface area contributed by atoms with Crippen LogP contribution >= 0.6 is 12.2 Å². The molecule has 0 spiro atoms. The highest BCUT2D eigenvalue weighted by Gasteiger charge is 2.21. The van der Waals surface area contributed by atoms with Gasteiger partial charge in [-0.1, -0.05) is 0 Å². The molecule has 1 aliphatic rings. The second-order valence-corrected chi connectivity index (χ2v) is 3.39. The highest BCUT2D eigenvalue weighted by molar-refractivity contribution is 7.71. The van der Waals surface area contributed by atoms with E-state index in [0.717, 1.165) is 12.8 Å². The molecule has 0 saturated carbocycles. The second-order valence-electron chi connectivity index (χ2n) is 3.00. The van der Waals surface area contributed by atoms with Crippen LogP contribution in [0.1, 0.15) is 23.7 Å². The lowest BCUT2D eigenvalue weighted by Gasteiger charge is -2.07. The molecule has 1 atom stereocenters. The topological polar surface area (TPSA) is 40.7 Å². The van der Waals surface area contributed by atoms with Crippen molar-refractivity contribution in [3.05, 3.63) is 22.2 Å². The molecule has 64 valence electrons. The van der Waals surface area contributed by atoms with Crippen LogP contribution in [-0.4, -0.2) is 17.0 Å². The van der Waals surface area contributed by atoms with Gasteiger partial charge in [0.15, 0.2) is 4.77 Å². The lowest BCUT2D eigenvalue weighted by molar-refractivity contribution is 0.589. The smallest absolute Gasteiger partial charge is 0.196 e. The summed E-state index contributed by atoms with van der Waals surface area (Å²) in [6.07, 6.45) is 4.10. The maximum absolute atomic E-state index is 4.94. The third-order valence-corrected chi connectivity index (χ3v) is 2.54. The second kappa shape index (κ2) is 2.95. The van der Waals surface area contributed by atoms with Gasteiger partial charge < -0.3 is 10.3 Å². The molecule has 1 aromatic rings. The largest absolute Gasteiger partial charge is 0.334 e. The summed E-state index contributed by atoms with van der Waals surface area (Å²) in [6, 6.07) is 0.458. The molecule has 0 fully saturated rings. The third kappa shape index (κ3) is 1.17. The molecule has 12 heavy (non-hydrogen) atoms. The molecule has 2 rings (SSSR count). The minimum absolute atomic E-state index is 0.458. The van der Waals surface area contributed by atoms with E-state index >= 15 is 0 Å². The van der Waals surface area contributed by atoms with Crippen LogP contribution in [0.5, 0.6) is 0 Å². The molecule has 2 N–H and O–H groups in total. The summed E-state index contributed by atoms with van der Waals surface area (Å²) in [5.41, 5.74) is 2.51. The zero-order valence-corrected chi connectivity index (χ0v) is 7.74. The van der Waals surface area contributed by atoms with Crippen LogP contribution < -0.4 is 5.32 Å². The summed E-state index contributed by atoms with van der Waals surface area (Å²) in [5.74, 6) is 0. The number of aromatic nitrogens is 2. The number of H-pyrrole nitrogens is 1. The van der Waals surface area contributed by atoms with Gasteiger partial charge in [0.25, 0.3) is 0 Å². The van der Waals surface area contributed by atoms with Gasteiger partial charge in [0.2, 0.25) is 0 Å². The van der Waals surface area contributed by atoms with Crippen molar-refractivity contribution in [2.75, 3.05) is 7.05 Å². The Hall–Kier alpha value is -0.740. The van der Waals surface area contributed by atoms with Crippen molar-refractivity contribution in [1.82, 2.24) is 15.3 Å². The van der Waals surface area contributed by atoms with Crippen LogP contribution in [0.25, 0.3) is 0 Å². The Morgan fingerprint density at radius 1 is 1.75 bits per heavy atom. The summed E-state index contributed by atoms with van der Waals surface area (Å²) < 4.78 is 0.588. The van der Waals surface area contributed by atoms with Crippen LogP contribution in [0.2, 0.25) is 0 Å². The lowest BCUT2D eigenvalue weighted by Crippen LogP contribution is -2.13. The molecule has 0 radical (unpaired) electrons. The van der Waals surface area contributed by atoms with E-state index in [0.29, 0.717) is 10.8 Å². The molecule has 0 saturated heterocycles. The Morgan fingerprint density at radius 2 is 2.58 bits per heavy atom. The minimum atomic E-state index is 0.458. The van der Waals surface area contributed by atoms with Gasteiger partial charge in [-0.3, -0.25) is 0 Å². The van der Waals surface area contributed by atoms with Gasteiger partial charge in [0, 0.05) is 23.5 Å². The molecule has 0 bridgehead atoms. The minimum Gasteiger partial charge on any atom is -0.334 e. The molecule has 0 aromatic carbocycles. The van der Waals surface area contributed by atoms with E-state index in [9.17, 15) is 0 Å². The zero-order chi connectivity index (χ0) is 8.55. The Kier molecular flexibility index (Phi) is 1.94. The average molecular weight is 181 g/mol. The monoisotopic (exact) mass is 181 g/mol. The predicted molar refractivity (Wildman–Crippen MR) is 49.5 cm³/mol. The third-order valence-electron chi connectivity index (χ3n) is 2.33. The number of nitrogens with zero attached hydrogens (tertiary/aromatic N) is 1. The van der Waals surface area contributed by atoms with Crippen LogP contribution in [0, 0.1) is 4.77 Å². The van der Waals surface area contributed by atoms with Crippen molar-refractivity contribution in [2.24, 2.45) is 0 Å². The maximum atomic E-state index is 4.94. The van der Waals surface area contributed by atoms with Gasteiger partial charge in [-0.15, -0.1) is 0 Å². The molecule has 1 aromatic heterocycles. The Labute approximate surface area is 76.2 Å². The number of aryl methyl sites for hydroxylation is 1. The van der Waals surface area contributed by atoms with Crippen molar-refractivity contribution < 1.29 is 0 Å². The number of hydrogen-bond acceptors (Lipinski definition) is 3. The van der Waals surface area contributed by atoms with Crippen molar-refractivity contribution in [3.63, 3.8) is 0 Å². The quantitative estimate of drug-likeness (QED) is 0.642. The first-order chi connectivity index (χ1) is 5.81. The van der Waals surface area contributed by atoms with E-state index in [4.69, 9.17) is 12.2 Å². The van der Waals surface area contributed by atoms with E-state index in [1.165, 1.54) is 11.3 Å². The molecule has 0 aliphatic heterocycles. The van der Waals surface area contributed by atoms with Gasteiger partial charge in [0.1, 0.15) is 0 Å². The SMILES string of the molecule is CNC1CCc2[nH]c(=S)ncc21. The molecule has 1 heterocycles. The van der Waals surface area contributed by atoms with Crippen molar-refractivity contribution in [1.29, 1.82) is 0 Å². The van der Waals surface area contributed by atoms with Crippen molar-refractivity contribution in [3.8, 4) is 0 Å². The highest BCUT2D eigenvalue weighted by atomic mass is 32.1. The summed E-state index contributed by atoms with van der Waals surface area (Å²) >= 11 is 4.94. The van der Waals surface area contributed by atoms with Crippen LogP contribution in [-0.2, 0) is 6.42 Å². The number of fused-ring (bicyclic) bond motifs is 1. The van der Waals surface area contributed by atoms with E-state index in [2.05, 4.69) is 15.3 Å². The molecule has 1 aliphatic carbocycles. The first kappa shape index (κ1) is 7.89. The number of nitrogens with one attached hydrogen (secondary N) is 2. The van der Waals surface area contributed by atoms with Gasteiger partial charge in [-0.2, -0.15) is 0 Å². The molecule has 3 nitrogen and oxygen atoms in total. The Balaban J connectivity index is 2.47. The molecular weight excluding hydrogens is 170 g/mol. The van der Waals surface area contributed by atoms with Crippen LogP contribution in [0.15, 0.2) is 6.20 Å². The zero-order valence-electron chi connectivity index (χ0n) is 6.92. The fraction of sp³-hybridized carbons (Fsp3) is 0.500. The summed E-state index contributed by atoms with van der Waals surface area (Å²) in [7, 11) is 1.97. The van der Waals surface area contributed by atoms with E-state index in [1.807, 2.05) is 13.2 Å². The van der Waals surface area contributed by atoms with Crippen LogP contribution in [0.4, 0.5) is 0 Å². The molecule has 1 unspecified atom stereocenters. The molecule has 4 heteroatoms. The van der Waals surface area contributed by atoms with E-state index < -0.39 is 0 Å². The fourth-order valence-electron chi connectivity index (χ4n) is 1.69. The van der Waals surface area contributed by atoms with Crippen LogP contribution in [0.3, 0.4) is 0 Å².